The molecule has 2 atom stereocenters. The number of hydrogen-bond donors (Lipinski definition) is 1. The third kappa shape index (κ3) is 7.60. The predicted octanol–water partition coefficient (Wildman–Crippen LogP) is 4.63. The molecule has 0 heterocycles. The van der Waals surface area contributed by atoms with Gasteiger partial charge >= 0.3 is 0 Å². The van der Waals surface area contributed by atoms with Crippen LogP contribution < -0.4 is 14.8 Å². The van der Waals surface area contributed by atoms with Gasteiger partial charge in [-0.15, -0.1) is 0 Å². The lowest BCUT2D eigenvalue weighted by molar-refractivity contribution is -0.143. The molecular weight excluding hydrogens is 440 g/mol. The van der Waals surface area contributed by atoms with Crippen LogP contribution in [0.4, 0.5) is 0 Å². The molecule has 3 aromatic carbocycles. The van der Waals surface area contributed by atoms with Crippen LogP contribution in [-0.2, 0) is 22.6 Å². The van der Waals surface area contributed by atoms with Crippen molar-refractivity contribution in [3.63, 3.8) is 0 Å². The van der Waals surface area contributed by atoms with Gasteiger partial charge in [0, 0.05) is 19.0 Å². The largest absolute Gasteiger partial charge is 0.493 e. The number of nitrogens with zero attached hydrogens (tertiary/aromatic N) is 1. The van der Waals surface area contributed by atoms with Gasteiger partial charge in [-0.1, -0.05) is 79.7 Å². The van der Waals surface area contributed by atoms with E-state index >= 15 is 0 Å². The molecule has 0 spiro atoms. The predicted molar refractivity (Wildman–Crippen MR) is 137 cm³/mol. The van der Waals surface area contributed by atoms with Crippen molar-refractivity contribution in [3.05, 3.63) is 96.1 Å². The molecule has 0 aliphatic carbocycles. The van der Waals surface area contributed by atoms with E-state index in [-0.39, 0.29) is 24.5 Å². The minimum Gasteiger partial charge on any atom is -0.493 e. The maximum atomic E-state index is 13.6. The van der Waals surface area contributed by atoms with E-state index in [0.717, 1.165) is 17.5 Å². The number of carbonyl (C=O) groups is 2. The molecule has 35 heavy (non-hydrogen) atoms. The van der Waals surface area contributed by atoms with Crippen LogP contribution >= 0.6 is 0 Å². The first-order valence-corrected chi connectivity index (χ1v) is 11.9. The summed E-state index contributed by atoms with van der Waals surface area (Å²) in [4.78, 5) is 28.7. The fourth-order valence-corrected chi connectivity index (χ4v) is 3.74. The Hall–Kier alpha value is -3.80. The molecule has 0 unspecified atom stereocenters. The lowest BCUT2D eigenvalue weighted by atomic mass is 10.0. The van der Waals surface area contributed by atoms with E-state index in [4.69, 9.17) is 9.47 Å². The second-order valence-electron chi connectivity index (χ2n) is 8.47. The highest BCUT2D eigenvalue weighted by Crippen LogP contribution is 2.26. The van der Waals surface area contributed by atoms with Gasteiger partial charge in [0.1, 0.15) is 6.04 Å². The molecule has 0 bridgehead atoms. The average Bonchev–Trinajstić information content (AvgIpc) is 2.90. The molecule has 1 N–H and O–H groups in total. The van der Waals surface area contributed by atoms with Gasteiger partial charge in [0.15, 0.2) is 18.1 Å². The molecule has 3 rings (SSSR count). The van der Waals surface area contributed by atoms with Crippen LogP contribution in [0.2, 0.25) is 0 Å². The molecule has 0 aliphatic heterocycles. The van der Waals surface area contributed by atoms with Crippen LogP contribution in [0.3, 0.4) is 0 Å². The Kier molecular flexibility index (Phi) is 9.72. The molecule has 0 saturated heterocycles. The van der Waals surface area contributed by atoms with Gasteiger partial charge in [0.25, 0.3) is 5.91 Å². The number of para-hydroxylation sites is 2. The van der Waals surface area contributed by atoms with E-state index < -0.39 is 6.04 Å². The number of hydrogen-bond acceptors (Lipinski definition) is 4. The summed E-state index contributed by atoms with van der Waals surface area (Å²) in [5.74, 6) is 0.571. The van der Waals surface area contributed by atoms with Crippen LogP contribution in [0, 0.1) is 0 Å². The molecule has 6 nitrogen and oxygen atoms in total. The Morgan fingerprint density at radius 1 is 0.857 bits per heavy atom. The van der Waals surface area contributed by atoms with Crippen molar-refractivity contribution in [2.45, 2.75) is 45.3 Å². The van der Waals surface area contributed by atoms with E-state index in [1.54, 1.807) is 24.1 Å². The number of methoxy groups -OCH3 is 1. The molecule has 3 aromatic rings. The van der Waals surface area contributed by atoms with Gasteiger partial charge in [-0.3, -0.25) is 9.59 Å². The molecular formula is C29H34N2O4. The highest BCUT2D eigenvalue weighted by Gasteiger charge is 2.31. The number of carbonyl (C=O) groups excluding carboxylic acids is 2. The third-order valence-corrected chi connectivity index (χ3v) is 5.89. The van der Waals surface area contributed by atoms with E-state index in [9.17, 15) is 9.59 Å². The second kappa shape index (κ2) is 13.2. The molecule has 0 fully saturated rings. The zero-order chi connectivity index (χ0) is 25.0. The average molecular weight is 475 g/mol. The Balaban J connectivity index is 1.90. The summed E-state index contributed by atoms with van der Waals surface area (Å²) in [5.41, 5.74) is 1.92. The van der Waals surface area contributed by atoms with Gasteiger partial charge in [-0.2, -0.15) is 0 Å². The van der Waals surface area contributed by atoms with E-state index in [1.165, 1.54) is 0 Å². The lowest BCUT2D eigenvalue weighted by Gasteiger charge is -2.32. The fraction of sp³-hybridized carbons (Fsp3) is 0.310. The Morgan fingerprint density at radius 2 is 1.43 bits per heavy atom. The Labute approximate surface area is 207 Å². The van der Waals surface area contributed by atoms with E-state index in [1.807, 2.05) is 86.6 Å². The standard InChI is InChI=1S/C29H34N2O4/c1-4-22(2)30-29(33)25(19-23-13-7-5-8-14-23)31(20-24-15-9-6-10-16-24)28(32)21-35-27-18-12-11-17-26(27)34-3/h5-18,22,25H,4,19-21H2,1-3H3,(H,30,33)/t22-,25+/m1/s1. The van der Waals surface area contributed by atoms with Crippen molar-refractivity contribution in [2.75, 3.05) is 13.7 Å². The topological polar surface area (TPSA) is 67.9 Å². The molecule has 0 aliphatic rings. The number of nitrogens with one attached hydrogen (secondary N) is 1. The quantitative estimate of drug-likeness (QED) is 0.416. The molecule has 0 saturated carbocycles. The highest BCUT2D eigenvalue weighted by atomic mass is 16.5. The molecule has 0 aromatic heterocycles. The van der Waals surface area contributed by atoms with Gasteiger partial charge < -0.3 is 19.7 Å². The second-order valence-corrected chi connectivity index (χ2v) is 8.47. The van der Waals surface area contributed by atoms with Crippen LogP contribution in [0.5, 0.6) is 11.5 Å². The normalized spacial score (nSPS) is 12.3. The van der Waals surface area contributed by atoms with Crippen molar-refractivity contribution in [1.82, 2.24) is 10.2 Å². The van der Waals surface area contributed by atoms with Crippen molar-refractivity contribution in [2.24, 2.45) is 0 Å². The van der Waals surface area contributed by atoms with Crippen molar-refractivity contribution >= 4 is 11.8 Å². The number of rotatable bonds is 12. The summed E-state index contributed by atoms with van der Waals surface area (Å²) < 4.78 is 11.2. The minimum absolute atomic E-state index is 0.000666. The van der Waals surface area contributed by atoms with Crippen LogP contribution in [-0.4, -0.2) is 42.5 Å². The first-order valence-electron chi connectivity index (χ1n) is 11.9. The maximum absolute atomic E-state index is 13.6. The van der Waals surface area contributed by atoms with Crippen LogP contribution in [0.25, 0.3) is 0 Å². The number of ether oxygens (including phenoxy) is 2. The monoisotopic (exact) mass is 474 g/mol. The summed E-state index contributed by atoms with van der Waals surface area (Å²) in [7, 11) is 1.56. The van der Waals surface area contributed by atoms with Gasteiger partial charge in [0.05, 0.1) is 7.11 Å². The Morgan fingerprint density at radius 3 is 2.03 bits per heavy atom. The van der Waals surface area contributed by atoms with Crippen molar-refractivity contribution in [1.29, 1.82) is 0 Å². The summed E-state index contributed by atoms with van der Waals surface area (Å²) in [6.45, 7) is 4.06. The van der Waals surface area contributed by atoms with Crippen molar-refractivity contribution in [3.8, 4) is 11.5 Å². The smallest absolute Gasteiger partial charge is 0.261 e. The summed E-state index contributed by atoms with van der Waals surface area (Å²) >= 11 is 0. The molecule has 2 amide bonds. The van der Waals surface area contributed by atoms with Gasteiger partial charge in [-0.25, -0.2) is 0 Å². The van der Waals surface area contributed by atoms with Crippen LogP contribution in [0.1, 0.15) is 31.4 Å². The highest BCUT2D eigenvalue weighted by molar-refractivity contribution is 5.88. The van der Waals surface area contributed by atoms with Gasteiger partial charge in [0.2, 0.25) is 5.91 Å². The zero-order valence-electron chi connectivity index (χ0n) is 20.6. The minimum atomic E-state index is -0.694. The number of amides is 2. The SMILES string of the molecule is CC[C@@H](C)NC(=O)[C@H](Cc1ccccc1)N(Cc1ccccc1)C(=O)COc1ccccc1OC. The first-order chi connectivity index (χ1) is 17.0. The van der Waals surface area contributed by atoms with Gasteiger partial charge in [-0.05, 0) is 36.6 Å². The summed E-state index contributed by atoms with van der Waals surface area (Å²) in [6.07, 6.45) is 1.20. The summed E-state index contributed by atoms with van der Waals surface area (Å²) in [6, 6.07) is 25.9. The Bertz CT molecular complexity index is 1070. The fourth-order valence-electron chi connectivity index (χ4n) is 3.74. The lowest BCUT2D eigenvalue weighted by Crippen LogP contribution is -2.53. The summed E-state index contributed by atoms with van der Waals surface area (Å²) in [5, 5.41) is 3.07. The molecule has 0 radical (unpaired) electrons. The third-order valence-electron chi connectivity index (χ3n) is 5.89. The van der Waals surface area contributed by atoms with E-state index in [2.05, 4.69) is 5.32 Å². The molecule has 6 heteroatoms. The van der Waals surface area contributed by atoms with Crippen molar-refractivity contribution < 1.29 is 19.1 Å². The first kappa shape index (κ1) is 25.8. The maximum Gasteiger partial charge on any atom is 0.261 e. The van der Waals surface area contributed by atoms with Crippen LogP contribution in [0.15, 0.2) is 84.9 Å². The zero-order valence-corrected chi connectivity index (χ0v) is 20.6. The van der Waals surface area contributed by atoms with E-state index in [0.29, 0.717) is 24.5 Å². The number of benzene rings is 3. The molecule has 184 valence electrons.